The van der Waals surface area contributed by atoms with Gasteiger partial charge in [0, 0.05) is 12.1 Å². The van der Waals surface area contributed by atoms with Crippen molar-refractivity contribution < 1.29 is 14.0 Å². The molecule has 2 N–H and O–H groups in total. The van der Waals surface area contributed by atoms with E-state index < -0.39 is 6.03 Å². The smallest absolute Gasteiger partial charge is 0.321 e. The second-order valence-corrected chi connectivity index (χ2v) is 8.47. The number of nitrogens with one attached hydrogen (secondary N) is 2. The van der Waals surface area contributed by atoms with E-state index in [9.17, 15) is 14.0 Å². The molecule has 2 fully saturated rings. The number of carbonyl (C=O) groups excluding carboxylic acids is 2. The van der Waals surface area contributed by atoms with Crippen LogP contribution in [0.3, 0.4) is 0 Å². The van der Waals surface area contributed by atoms with Gasteiger partial charge in [-0.2, -0.15) is 0 Å². The Labute approximate surface area is 172 Å². The summed E-state index contributed by atoms with van der Waals surface area (Å²) < 4.78 is 16.1. The summed E-state index contributed by atoms with van der Waals surface area (Å²) in [6, 6.07) is 6.38. The van der Waals surface area contributed by atoms with Crippen LogP contribution in [0.2, 0.25) is 0 Å². The van der Waals surface area contributed by atoms with Crippen molar-refractivity contribution in [3.05, 3.63) is 30.1 Å². The average Bonchev–Trinajstić information content (AvgIpc) is 3.47. The molecule has 0 saturated heterocycles. The molecule has 2 aromatic rings. The minimum absolute atomic E-state index is 0.0419. The number of imide groups is 1. The number of urea groups is 1. The zero-order valence-corrected chi connectivity index (χ0v) is 16.9. The van der Waals surface area contributed by atoms with Crippen LogP contribution in [0.1, 0.15) is 51.0 Å². The number of nitrogens with zero attached hydrogens (tertiary/aromatic N) is 3. The van der Waals surface area contributed by atoms with Gasteiger partial charge in [0.15, 0.2) is 11.0 Å². The van der Waals surface area contributed by atoms with E-state index in [1.54, 1.807) is 18.2 Å². The molecular weight excluding hydrogens is 393 g/mol. The van der Waals surface area contributed by atoms with Crippen molar-refractivity contribution in [2.75, 3.05) is 5.75 Å². The van der Waals surface area contributed by atoms with Crippen molar-refractivity contribution in [2.24, 2.45) is 0 Å². The second-order valence-electron chi connectivity index (χ2n) is 7.53. The van der Waals surface area contributed by atoms with E-state index in [1.165, 1.54) is 24.2 Å². The molecule has 3 amide bonds. The van der Waals surface area contributed by atoms with Crippen molar-refractivity contribution in [3.63, 3.8) is 0 Å². The summed E-state index contributed by atoms with van der Waals surface area (Å²) in [6.45, 7) is 0. The monoisotopic (exact) mass is 417 g/mol. The molecule has 9 heteroatoms. The minimum Gasteiger partial charge on any atom is -0.335 e. The molecule has 2 saturated carbocycles. The number of benzene rings is 1. The van der Waals surface area contributed by atoms with Gasteiger partial charge in [0.1, 0.15) is 5.82 Å². The van der Waals surface area contributed by atoms with Gasteiger partial charge in [0.25, 0.3) is 0 Å². The number of hydrogen-bond acceptors (Lipinski definition) is 5. The lowest BCUT2D eigenvalue weighted by Crippen LogP contribution is -2.45. The van der Waals surface area contributed by atoms with Crippen LogP contribution in [0, 0.1) is 5.82 Å². The Kier molecular flexibility index (Phi) is 6.13. The number of thioether (sulfide) groups is 1. The Balaban J connectivity index is 1.36. The van der Waals surface area contributed by atoms with Gasteiger partial charge < -0.3 is 5.32 Å². The van der Waals surface area contributed by atoms with Crippen molar-refractivity contribution in [3.8, 4) is 11.4 Å². The fourth-order valence-electron chi connectivity index (χ4n) is 3.62. The largest absolute Gasteiger partial charge is 0.335 e. The molecule has 0 unspecified atom stereocenters. The topological polar surface area (TPSA) is 88.9 Å². The molecule has 0 atom stereocenters. The summed E-state index contributed by atoms with van der Waals surface area (Å²) in [5.74, 6) is -0.222. The zero-order valence-electron chi connectivity index (χ0n) is 16.1. The molecule has 2 aliphatic carbocycles. The maximum absolute atomic E-state index is 14.2. The molecule has 1 heterocycles. The molecular formula is C20H24FN5O2S. The first-order valence-corrected chi connectivity index (χ1v) is 11.0. The van der Waals surface area contributed by atoms with Gasteiger partial charge in [-0.1, -0.05) is 43.2 Å². The summed E-state index contributed by atoms with van der Waals surface area (Å²) in [4.78, 5) is 24.2. The summed E-state index contributed by atoms with van der Waals surface area (Å²) in [6.07, 6.45) is 7.28. The predicted octanol–water partition coefficient (Wildman–Crippen LogP) is 3.67. The second kappa shape index (κ2) is 8.94. The molecule has 0 bridgehead atoms. The lowest BCUT2D eigenvalue weighted by molar-refractivity contribution is -0.117. The lowest BCUT2D eigenvalue weighted by atomic mass is 9.96. The highest BCUT2D eigenvalue weighted by molar-refractivity contribution is 7.99. The van der Waals surface area contributed by atoms with E-state index in [0.29, 0.717) is 16.5 Å². The summed E-state index contributed by atoms with van der Waals surface area (Å²) in [5.41, 5.74) is 0.398. The van der Waals surface area contributed by atoms with E-state index >= 15 is 0 Å². The fourth-order valence-corrected chi connectivity index (χ4v) is 4.43. The van der Waals surface area contributed by atoms with E-state index in [0.717, 1.165) is 38.5 Å². The Morgan fingerprint density at radius 2 is 1.86 bits per heavy atom. The third-order valence-corrected chi connectivity index (χ3v) is 6.16. The van der Waals surface area contributed by atoms with Crippen molar-refractivity contribution in [1.82, 2.24) is 25.4 Å². The third kappa shape index (κ3) is 4.95. The zero-order chi connectivity index (χ0) is 20.2. The Hall–Kier alpha value is -2.42. The summed E-state index contributed by atoms with van der Waals surface area (Å²) in [7, 11) is 0. The molecule has 29 heavy (non-hydrogen) atoms. The Morgan fingerprint density at radius 1 is 1.10 bits per heavy atom. The highest BCUT2D eigenvalue weighted by Crippen LogP contribution is 2.41. The normalized spacial score (nSPS) is 17.1. The van der Waals surface area contributed by atoms with Crippen LogP contribution < -0.4 is 10.6 Å². The molecule has 7 nitrogen and oxygen atoms in total. The molecule has 1 aromatic heterocycles. The number of aromatic nitrogens is 3. The molecule has 2 aliphatic rings. The molecule has 154 valence electrons. The number of amides is 3. The lowest BCUT2D eigenvalue weighted by Gasteiger charge is -2.22. The Morgan fingerprint density at radius 3 is 2.59 bits per heavy atom. The van der Waals surface area contributed by atoms with Gasteiger partial charge >= 0.3 is 6.03 Å². The maximum Gasteiger partial charge on any atom is 0.321 e. The van der Waals surface area contributed by atoms with Gasteiger partial charge in [-0.15, -0.1) is 10.2 Å². The van der Waals surface area contributed by atoms with E-state index in [4.69, 9.17) is 0 Å². The highest BCUT2D eigenvalue weighted by atomic mass is 32.2. The van der Waals surface area contributed by atoms with Gasteiger partial charge in [-0.25, -0.2) is 9.18 Å². The van der Waals surface area contributed by atoms with E-state index in [1.807, 2.05) is 4.57 Å². The van der Waals surface area contributed by atoms with Crippen LogP contribution in [0.4, 0.5) is 9.18 Å². The molecule has 4 rings (SSSR count). The number of halogens is 1. The van der Waals surface area contributed by atoms with Crippen LogP contribution in [-0.4, -0.2) is 38.5 Å². The summed E-state index contributed by atoms with van der Waals surface area (Å²) >= 11 is 1.21. The van der Waals surface area contributed by atoms with Gasteiger partial charge in [-0.3, -0.25) is 14.7 Å². The fraction of sp³-hybridized carbons (Fsp3) is 0.500. The highest BCUT2D eigenvalue weighted by Gasteiger charge is 2.31. The van der Waals surface area contributed by atoms with Crippen LogP contribution in [0.5, 0.6) is 0 Å². The van der Waals surface area contributed by atoms with Crippen molar-refractivity contribution in [1.29, 1.82) is 0 Å². The first kappa shape index (κ1) is 19.9. The Bertz CT molecular complexity index is 893. The van der Waals surface area contributed by atoms with Crippen LogP contribution >= 0.6 is 11.8 Å². The van der Waals surface area contributed by atoms with Crippen LogP contribution in [0.15, 0.2) is 29.4 Å². The number of hydrogen-bond donors (Lipinski definition) is 2. The molecule has 0 aliphatic heterocycles. The molecule has 0 radical (unpaired) electrons. The molecule has 1 aromatic carbocycles. The van der Waals surface area contributed by atoms with Gasteiger partial charge in [0.2, 0.25) is 5.91 Å². The quantitative estimate of drug-likeness (QED) is 0.700. The maximum atomic E-state index is 14.2. The van der Waals surface area contributed by atoms with Gasteiger partial charge in [-0.05, 0) is 37.8 Å². The van der Waals surface area contributed by atoms with Crippen molar-refractivity contribution >= 4 is 23.7 Å². The predicted molar refractivity (Wildman–Crippen MR) is 108 cm³/mol. The third-order valence-electron chi connectivity index (χ3n) is 5.22. The van der Waals surface area contributed by atoms with E-state index in [-0.39, 0.29) is 29.6 Å². The standard InChI is InChI=1S/C20H24FN5O2S/c21-16-9-5-4-8-15(16)18-24-25-20(26(18)14-10-11-14)29-12-17(27)23-19(28)22-13-6-2-1-3-7-13/h4-5,8-9,13-14H,1-3,6-7,10-12H2,(H2,22,23,27,28). The first-order chi connectivity index (χ1) is 14.1. The van der Waals surface area contributed by atoms with Crippen LogP contribution in [0.25, 0.3) is 11.4 Å². The van der Waals surface area contributed by atoms with Crippen molar-refractivity contribution in [2.45, 2.75) is 62.2 Å². The molecule has 0 spiro atoms. The van der Waals surface area contributed by atoms with E-state index in [2.05, 4.69) is 20.8 Å². The minimum atomic E-state index is -0.446. The van der Waals surface area contributed by atoms with Crippen LogP contribution in [-0.2, 0) is 4.79 Å². The summed E-state index contributed by atoms with van der Waals surface area (Å²) in [5, 5.41) is 14.1. The number of carbonyl (C=O) groups is 2. The average molecular weight is 418 g/mol. The van der Waals surface area contributed by atoms with Gasteiger partial charge in [0.05, 0.1) is 11.3 Å². The SMILES string of the molecule is O=C(CSc1nnc(-c2ccccc2F)n1C1CC1)NC(=O)NC1CCCCC1. The number of rotatable bonds is 6. The first-order valence-electron chi connectivity index (χ1n) is 10.0.